The Morgan fingerprint density at radius 3 is 2.55 bits per heavy atom. The predicted octanol–water partition coefficient (Wildman–Crippen LogP) is 3.65. The van der Waals surface area contributed by atoms with Gasteiger partial charge >= 0.3 is 0 Å². The van der Waals surface area contributed by atoms with E-state index in [-0.39, 0.29) is 10.5 Å². The number of piperidine rings is 1. The first-order valence-corrected chi connectivity index (χ1v) is 13.0. The number of para-hydroxylation sites is 1. The van der Waals surface area contributed by atoms with E-state index in [1.165, 1.54) is 46.0 Å². The molecule has 10 heteroatoms. The van der Waals surface area contributed by atoms with Gasteiger partial charge in [-0.05, 0) is 55.2 Å². The lowest BCUT2D eigenvalue weighted by atomic mass is 10.0. The average Bonchev–Trinajstić information content (AvgIpc) is 3.16. The van der Waals surface area contributed by atoms with Crippen LogP contribution in [0.15, 0.2) is 52.4 Å². The Kier molecular flexibility index (Phi) is 7.08. The molecule has 1 aliphatic heterocycles. The fraction of sp³-hybridized carbons (Fsp3) is 0.391. The molecule has 1 saturated heterocycles. The maximum absolute atomic E-state index is 14.4. The van der Waals surface area contributed by atoms with Crippen LogP contribution in [0.5, 0.6) is 0 Å². The maximum Gasteiger partial charge on any atom is 0.279 e. The molecule has 33 heavy (non-hydrogen) atoms. The van der Waals surface area contributed by atoms with E-state index in [0.29, 0.717) is 47.2 Å². The number of halogens is 1. The minimum Gasteiger partial charge on any atom is -0.383 e. The molecule has 176 valence electrons. The molecule has 1 aliphatic rings. The number of fused-ring (bicyclic) bond motifs is 1. The summed E-state index contributed by atoms with van der Waals surface area (Å²) in [5.74, 6) is -0.397. The summed E-state index contributed by atoms with van der Waals surface area (Å²) in [5, 5.41) is 0. The Balaban J connectivity index is 1.63. The summed E-state index contributed by atoms with van der Waals surface area (Å²) in [4.78, 5) is 17.6. The van der Waals surface area contributed by atoms with E-state index in [9.17, 15) is 17.6 Å². The fourth-order valence-corrected chi connectivity index (χ4v) is 6.40. The molecule has 0 bridgehead atoms. The Bertz CT molecular complexity index is 1320. The number of nitrogens with zero attached hydrogens (tertiary/aromatic N) is 3. The Labute approximate surface area is 196 Å². The molecule has 0 atom stereocenters. The molecular weight excluding hydrogens is 465 g/mol. The van der Waals surface area contributed by atoms with Gasteiger partial charge in [-0.2, -0.15) is 9.30 Å². The van der Waals surface area contributed by atoms with Crippen LogP contribution in [0, 0.1) is 11.7 Å². The largest absolute Gasteiger partial charge is 0.383 e. The first-order chi connectivity index (χ1) is 15.8. The number of hydrogen-bond acceptors (Lipinski definition) is 5. The molecule has 3 aromatic rings. The van der Waals surface area contributed by atoms with Crippen molar-refractivity contribution in [2.24, 2.45) is 10.9 Å². The van der Waals surface area contributed by atoms with Gasteiger partial charge in [0, 0.05) is 32.3 Å². The summed E-state index contributed by atoms with van der Waals surface area (Å²) in [5.41, 5.74) is 0.640. The number of carbonyl (C=O) groups excluding carboxylic acids is 1. The summed E-state index contributed by atoms with van der Waals surface area (Å²) in [7, 11) is -2.04. The van der Waals surface area contributed by atoms with Gasteiger partial charge in [0.15, 0.2) is 4.80 Å². The van der Waals surface area contributed by atoms with Crippen LogP contribution in [0.4, 0.5) is 4.39 Å². The van der Waals surface area contributed by atoms with Gasteiger partial charge < -0.3 is 9.30 Å². The molecular formula is C23H26FN3O4S2. The van der Waals surface area contributed by atoms with Gasteiger partial charge in [-0.25, -0.2) is 12.8 Å². The maximum atomic E-state index is 14.4. The van der Waals surface area contributed by atoms with Crippen LogP contribution in [0.25, 0.3) is 10.2 Å². The summed E-state index contributed by atoms with van der Waals surface area (Å²) in [6, 6.07) is 10.6. The number of benzene rings is 2. The van der Waals surface area contributed by atoms with Gasteiger partial charge in [0.25, 0.3) is 5.91 Å². The lowest BCUT2D eigenvalue weighted by molar-refractivity contribution is 0.0997. The van der Waals surface area contributed by atoms with Crippen LogP contribution >= 0.6 is 11.3 Å². The zero-order valence-electron chi connectivity index (χ0n) is 18.5. The summed E-state index contributed by atoms with van der Waals surface area (Å²) in [6.07, 6.45) is 1.68. The smallest absolute Gasteiger partial charge is 0.279 e. The number of hydrogen-bond donors (Lipinski definition) is 0. The second kappa shape index (κ2) is 9.84. The minimum absolute atomic E-state index is 0.160. The highest BCUT2D eigenvalue weighted by molar-refractivity contribution is 7.89. The molecule has 1 fully saturated rings. The SMILES string of the molecule is COCCn1c(=NC(=O)c2ccc(S(=O)(=O)N3CCC(C)CC3)cc2)sc2cccc(F)c21. The van der Waals surface area contributed by atoms with Gasteiger partial charge in [0.2, 0.25) is 10.0 Å². The van der Waals surface area contributed by atoms with Crippen LogP contribution < -0.4 is 4.80 Å². The number of sulfonamides is 1. The lowest BCUT2D eigenvalue weighted by Gasteiger charge is -2.29. The van der Waals surface area contributed by atoms with Crippen LogP contribution in [0.3, 0.4) is 0 Å². The van der Waals surface area contributed by atoms with Crippen molar-refractivity contribution >= 4 is 37.5 Å². The normalized spacial score (nSPS) is 16.5. The van der Waals surface area contributed by atoms with E-state index in [0.717, 1.165) is 12.8 Å². The van der Waals surface area contributed by atoms with Gasteiger partial charge in [0.05, 0.1) is 21.7 Å². The average molecular weight is 492 g/mol. The topological polar surface area (TPSA) is 81.0 Å². The zero-order chi connectivity index (χ0) is 23.6. The van der Waals surface area contributed by atoms with Gasteiger partial charge in [-0.3, -0.25) is 4.79 Å². The molecule has 2 heterocycles. The number of thiazole rings is 1. The molecule has 1 aromatic heterocycles. The highest BCUT2D eigenvalue weighted by atomic mass is 32.2. The van der Waals surface area contributed by atoms with E-state index in [2.05, 4.69) is 11.9 Å². The Morgan fingerprint density at radius 2 is 1.88 bits per heavy atom. The summed E-state index contributed by atoms with van der Waals surface area (Å²) < 4.78 is 49.2. The van der Waals surface area contributed by atoms with Gasteiger partial charge in [-0.15, -0.1) is 0 Å². The highest BCUT2D eigenvalue weighted by Gasteiger charge is 2.28. The summed E-state index contributed by atoms with van der Waals surface area (Å²) in [6.45, 7) is 3.81. The van der Waals surface area contributed by atoms with Crippen LogP contribution in [0.2, 0.25) is 0 Å². The van der Waals surface area contributed by atoms with Crippen LogP contribution in [-0.4, -0.2) is 50.0 Å². The molecule has 7 nitrogen and oxygen atoms in total. The molecule has 2 aromatic carbocycles. The van der Waals surface area contributed by atoms with Crippen molar-refractivity contribution in [1.29, 1.82) is 0 Å². The molecule has 0 unspecified atom stereocenters. The predicted molar refractivity (Wildman–Crippen MR) is 125 cm³/mol. The van der Waals surface area contributed by atoms with E-state index in [1.807, 2.05) is 0 Å². The van der Waals surface area contributed by atoms with Crippen molar-refractivity contribution in [1.82, 2.24) is 8.87 Å². The van der Waals surface area contributed by atoms with E-state index in [4.69, 9.17) is 4.74 Å². The van der Waals surface area contributed by atoms with Crippen molar-refractivity contribution in [3.63, 3.8) is 0 Å². The Hall–Kier alpha value is -2.40. The van der Waals surface area contributed by atoms with E-state index >= 15 is 0 Å². The third-order valence-corrected chi connectivity index (χ3v) is 8.81. The molecule has 0 N–H and O–H groups in total. The number of aromatic nitrogens is 1. The number of carbonyl (C=O) groups is 1. The molecule has 0 radical (unpaired) electrons. The quantitative estimate of drug-likeness (QED) is 0.527. The first-order valence-electron chi connectivity index (χ1n) is 10.8. The standard InChI is InChI=1S/C23H26FN3O4S2/c1-16-10-12-26(13-11-16)33(29,30)18-8-6-17(7-9-18)22(28)25-23-27(14-15-31-2)21-19(24)4-3-5-20(21)32-23/h3-9,16H,10-15H2,1-2H3. The second-order valence-corrected chi connectivity index (χ2v) is 11.1. The number of ether oxygens (including phenoxy) is 1. The summed E-state index contributed by atoms with van der Waals surface area (Å²) >= 11 is 1.22. The molecule has 1 amide bonds. The van der Waals surface area contributed by atoms with E-state index in [1.54, 1.807) is 23.8 Å². The fourth-order valence-electron chi connectivity index (χ4n) is 3.86. The number of amides is 1. The van der Waals surface area contributed by atoms with Crippen molar-refractivity contribution in [2.75, 3.05) is 26.8 Å². The van der Waals surface area contributed by atoms with Crippen molar-refractivity contribution in [3.05, 3.63) is 58.6 Å². The molecule has 0 aliphatic carbocycles. The second-order valence-electron chi connectivity index (χ2n) is 8.14. The number of methoxy groups -OCH3 is 1. The first kappa shape index (κ1) is 23.7. The molecule has 4 rings (SSSR count). The molecule has 0 saturated carbocycles. The number of rotatable bonds is 6. The lowest BCUT2D eigenvalue weighted by Crippen LogP contribution is -2.37. The van der Waals surface area contributed by atoms with Gasteiger partial charge in [-0.1, -0.05) is 24.3 Å². The van der Waals surface area contributed by atoms with Crippen molar-refractivity contribution in [3.8, 4) is 0 Å². The monoisotopic (exact) mass is 491 g/mol. The van der Waals surface area contributed by atoms with Crippen molar-refractivity contribution in [2.45, 2.75) is 31.2 Å². The third kappa shape index (κ3) is 4.93. The highest BCUT2D eigenvalue weighted by Crippen LogP contribution is 2.24. The van der Waals surface area contributed by atoms with Crippen molar-refractivity contribution < 1.29 is 22.3 Å². The Morgan fingerprint density at radius 1 is 1.18 bits per heavy atom. The van der Waals surface area contributed by atoms with Gasteiger partial charge in [0.1, 0.15) is 5.82 Å². The van der Waals surface area contributed by atoms with Crippen LogP contribution in [-0.2, 0) is 21.3 Å². The zero-order valence-corrected chi connectivity index (χ0v) is 20.2. The third-order valence-electron chi connectivity index (χ3n) is 5.85. The molecule has 0 spiro atoms. The van der Waals surface area contributed by atoms with Crippen LogP contribution in [0.1, 0.15) is 30.1 Å². The van der Waals surface area contributed by atoms with E-state index < -0.39 is 21.7 Å². The minimum atomic E-state index is -3.59.